The zero-order valence-electron chi connectivity index (χ0n) is 12.2. The summed E-state index contributed by atoms with van der Waals surface area (Å²) in [7, 11) is 0. The summed E-state index contributed by atoms with van der Waals surface area (Å²) < 4.78 is 0. The zero-order chi connectivity index (χ0) is 13.7. The normalized spacial score (nSPS) is 13.1. The van der Waals surface area contributed by atoms with Crippen LogP contribution in [0.2, 0.25) is 0 Å². The van der Waals surface area contributed by atoms with Crippen LogP contribution in [0.4, 0.5) is 0 Å². The summed E-state index contributed by atoms with van der Waals surface area (Å²) in [6.07, 6.45) is 6.28. The molecule has 0 radical (unpaired) electrons. The second kappa shape index (κ2) is 6.67. The van der Waals surface area contributed by atoms with Crippen molar-refractivity contribution >= 4 is 10.8 Å². The lowest BCUT2D eigenvalue weighted by Crippen LogP contribution is -2.21. The fraction of sp³-hybridized carbons (Fsp3) is 0.471. The van der Waals surface area contributed by atoms with Crippen molar-refractivity contribution in [1.29, 1.82) is 0 Å². The molecule has 1 aromatic carbocycles. The van der Waals surface area contributed by atoms with Gasteiger partial charge >= 0.3 is 0 Å². The number of nitrogens with zero attached hydrogens (tertiary/aromatic N) is 1. The Bertz CT molecular complexity index is 514. The van der Waals surface area contributed by atoms with E-state index in [1.165, 1.54) is 29.2 Å². The molecule has 1 unspecified atom stereocenters. The van der Waals surface area contributed by atoms with Crippen LogP contribution >= 0.6 is 0 Å². The van der Waals surface area contributed by atoms with Crippen LogP contribution in [0, 0.1) is 5.92 Å². The minimum atomic E-state index is 0.431. The van der Waals surface area contributed by atoms with Gasteiger partial charge in [0.25, 0.3) is 0 Å². The van der Waals surface area contributed by atoms with E-state index in [9.17, 15) is 0 Å². The molecule has 0 fully saturated rings. The lowest BCUT2D eigenvalue weighted by atomic mass is 9.94. The van der Waals surface area contributed by atoms with Crippen molar-refractivity contribution in [2.24, 2.45) is 5.92 Å². The number of pyridine rings is 1. The van der Waals surface area contributed by atoms with Crippen LogP contribution in [-0.4, -0.2) is 11.5 Å². The summed E-state index contributed by atoms with van der Waals surface area (Å²) in [6.45, 7) is 7.74. The van der Waals surface area contributed by atoms with Gasteiger partial charge in [0.1, 0.15) is 0 Å². The highest BCUT2D eigenvalue weighted by Gasteiger charge is 2.13. The highest BCUT2D eigenvalue weighted by atomic mass is 14.9. The topological polar surface area (TPSA) is 24.9 Å². The van der Waals surface area contributed by atoms with Gasteiger partial charge in [-0.25, -0.2) is 0 Å². The summed E-state index contributed by atoms with van der Waals surface area (Å²) in [5, 5.41) is 6.17. The average molecular weight is 256 g/mol. The third-order valence-electron chi connectivity index (χ3n) is 3.58. The Morgan fingerprint density at radius 3 is 2.74 bits per heavy atom. The van der Waals surface area contributed by atoms with Crippen molar-refractivity contribution in [2.45, 2.75) is 39.7 Å². The molecule has 0 aliphatic heterocycles. The van der Waals surface area contributed by atoms with Crippen molar-refractivity contribution in [1.82, 2.24) is 10.3 Å². The Balaban J connectivity index is 2.32. The van der Waals surface area contributed by atoms with Crippen LogP contribution in [0.25, 0.3) is 10.8 Å². The van der Waals surface area contributed by atoms with Gasteiger partial charge in [-0.15, -0.1) is 0 Å². The SMILES string of the molecule is CCNC(CCC(C)C)c1cccc2ccncc12. The first kappa shape index (κ1) is 14.0. The van der Waals surface area contributed by atoms with Gasteiger partial charge in [-0.2, -0.15) is 0 Å². The van der Waals surface area contributed by atoms with Gasteiger partial charge in [0.2, 0.25) is 0 Å². The number of hydrogen-bond acceptors (Lipinski definition) is 2. The molecular weight excluding hydrogens is 232 g/mol. The highest BCUT2D eigenvalue weighted by Crippen LogP contribution is 2.27. The summed E-state index contributed by atoms with van der Waals surface area (Å²) >= 11 is 0. The largest absolute Gasteiger partial charge is 0.310 e. The Hall–Kier alpha value is -1.41. The van der Waals surface area contributed by atoms with E-state index in [0.29, 0.717) is 6.04 Å². The van der Waals surface area contributed by atoms with Crippen LogP contribution in [0.1, 0.15) is 45.2 Å². The van der Waals surface area contributed by atoms with Crippen molar-refractivity contribution in [3.63, 3.8) is 0 Å². The number of aromatic nitrogens is 1. The second-order valence-electron chi connectivity index (χ2n) is 5.53. The maximum Gasteiger partial charge on any atom is 0.0349 e. The molecule has 0 amide bonds. The van der Waals surface area contributed by atoms with Crippen molar-refractivity contribution < 1.29 is 0 Å². The molecule has 102 valence electrons. The van der Waals surface area contributed by atoms with Gasteiger partial charge < -0.3 is 5.32 Å². The third-order valence-corrected chi connectivity index (χ3v) is 3.58. The minimum absolute atomic E-state index is 0.431. The van der Waals surface area contributed by atoms with Crippen molar-refractivity contribution in [3.8, 4) is 0 Å². The number of benzene rings is 1. The summed E-state index contributed by atoms with van der Waals surface area (Å²) in [5.74, 6) is 0.745. The molecule has 0 saturated carbocycles. The molecule has 1 atom stereocenters. The van der Waals surface area contributed by atoms with Crippen LogP contribution in [0.15, 0.2) is 36.7 Å². The number of rotatable bonds is 6. The third kappa shape index (κ3) is 3.54. The van der Waals surface area contributed by atoms with Gasteiger partial charge in [-0.1, -0.05) is 39.0 Å². The van der Waals surface area contributed by atoms with Crippen LogP contribution in [0.3, 0.4) is 0 Å². The van der Waals surface area contributed by atoms with Crippen LogP contribution in [0.5, 0.6) is 0 Å². The van der Waals surface area contributed by atoms with E-state index < -0.39 is 0 Å². The molecule has 0 aliphatic carbocycles. The van der Waals surface area contributed by atoms with E-state index in [0.717, 1.165) is 12.5 Å². The van der Waals surface area contributed by atoms with Gasteiger partial charge in [0.15, 0.2) is 0 Å². The van der Waals surface area contributed by atoms with Crippen LogP contribution in [-0.2, 0) is 0 Å². The number of nitrogens with one attached hydrogen (secondary N) is 1. The standard InChI is InChI=1S/C17H24N2/c1-4-19-17(9-8-13(2)3)15-7-5-6-14-10-11-18-12-16(14)15/h5-7,10-13,17,19H,4,8-9H2,1-3H3. The molecule has 1 heterocycles. The molecule has 2 aromatic rings. The smallest absolute Gasteiger partial charge is 0.0349 e. The maximum absolute atomic E-state index is 4.28. The molecule has 0 saturated heterocycles. The van der Waals surface area contributed by atoms with E-state index in [-0.39, 0.29) is 0 Å². The predicted octanol–water partition coefficient (Wildman–Crippen LogP) is 4.32. The lowest BCUT2D eigenvalue weighted by Gasteiger charge is -2.21. The first-order valence-electron chi connectivity index (χ1n) is 7.28. The Morgan fingerprint density at radius 1 is 1.16 bits per heavy atom. The van der Waals surface area contributed by atoms with E-state index in [1.807, 2.05) is 12.4 Å². The zero-order valence-corrected chi connectivity index (χ0v) is 12.2. The number of hydrogen-bond donors (Lipinski definition) is 1. The van der Waals surface area contributed by atoms with Gasteiger partial charge in [-0.05, 0) is 42.3 Å². The van der Waals surface area contributed by atoms with Gasteiger partial charge in [0, 0.05) is 23.8 Å². The van der Waals surface area contributed by atoms with Gasteiger partial charge in [0.05, 0.1) is 0 Å². The molecule has 0 aliphatic rings. The molecule has 0 bridgehead atoms. The maximum atomic E-state index is 4.28. The van der Waals surface area contributed by atoms with E-state index >= 15 is 0 Å². The monoisotopic (exact) mass is 256 g/mol. The van der Waals surface area contributed by atoms with E-state index in [2.05, 4.69) is 55.3 Å². The molecule has 0 spiro atoms. The minimum Gasteiger partial charge on any atom is -0.310 e. The van der Waals surface area contributed by atoms with Crippen molar-refractivity contribution in [2.75, 3.05) is 6.54 Å². The fourth-order valence-electron chi connectivity index (χ4n) is 2.55. The Morgan fingerprint density at radius 2 is 2.00 bits per heavy atom. The van der Waals surface area contributed by atoms with E-state index in [1.54, 1.807) is 0 Å². The molecule has 19 heavy (non-hydrogen) atoms. The Kier molecular flexibility index (Phi) is 4.92. The number of fused-ring (bicyclic) bond motifs is 1. The molecule has 2 heteroatoms. The molecular formula is C17H24N2. The molecule has 1 aromatic heterocycles. The summed E-state index contributed by atoms with van der Waals surface area (Å²) in [5.41, 5.74) is 1.38. The summed E-state index contributed by atoms with van der Waals surface area (Å²) in [4.78, 5) is 4.28. The lowest BCUT2D eigenvalue weighted by molar-refractivity contribution is 0.450. The Labute approximate surface area is 116 Å². The van der Waals surface area contributed by atoms with Crippen molar-refractivity contribution in [3.05, 3.63) is 42.2 Å². The quantitative estimate of drug-likeness (QED) is 0.832. The second-order valence-corrected chi connectivity index (χ2v) is 5.53. The first-order chi connectivity index (χ1) is 9.22. The predicted molar refractivity (Wildman–Crippen MR) is 82.2 cm³/mol. The summed E-state index contributed by atoms with van der Waals surface area (Å²) in [6, 6.07) is 9.06. The average Bonchev–Trinajstić information content (AvgIpc) is 2.43. The van der Waals surface area contributed by atoms with Crippen LogP contribution < -0.4 is 5.32 Å². The molecule has 2 nitrogen and oxygen atoms in total. The molecule has 2 rings (SSSR count). The first-order valence-corrected chi connectivity index (χ1v) is 7.28. The molecule has 1 N–H and O–H groups in total. The fourth-order valence-corrected chi connectivity index (χ4v) is 2.55. The van der Waals surface area contributed by atoms with Gasteiger partial charge in [-0.3, -0.25) is 4.98 Å². The van der Waals surface area contributed by atoms with E-state index in [4.69, 9.17) is 0 Å². The highest BCUT2D eigenvalue weighted by molar-refractivity contribution is 5.85.